The quantitative estimate of drug-likeness (QED) is 0.715. The maximum atomic E-state index is 12.1. The van der Waals surface area contributed by atoms with Crippen molar-refractivity contribution >= 4 is 5.91 Å². The molecule has 1 aliphatic carbocycles. The third-order valence-electron chi connectivity index (χ3n) is 4.74. The van der Waals surface area contributed by atoms with Gasteiger partial charge in [-0.1, -0.05) is 12.8 Å². The van der Waals surface area contributed by atoms with Gasteiger partial charge in [-0.15, -0.1) is 0 Å². The third-order valence-corrected chi connectivity index (χ3v) is 4.74. The molecule has 0 spiro atoms. The average molecular weight is 297 g/mol. The van der Waals surface area contributed by atoms with Gasteiger partial charge < -0.3 is 15.0 Å². The van der Waals surface area contributed by atoms with Gasteiger partial charge >= 0.3 is 0 Å². The van der Waals surface area contributed by atoms with Crippen molar-refractivity contribution in [3.05, 3.63) is 0 Å². The fraction of sp³-hybridized carbons (Fsp3) is 0.938. The minimum atomic E-state index is -0.0190. The Bertz CT molecular complexity index is 311. The molecular formula is C16H31N3O2. The maximum Gasteiger partial charge on any atom is 0.237 e. The molecule has 0 aromatic rings. The zero-order valence-corrected chi connectivity index (χ0v) is 13.6. The fourth-order valence-corrected chi connectivity index (χ4v) is 3.11. The van der Waals surface area contributed by atoms with Crippen molar-refractivity contribution in [1.29, 1.82) is 0 Å². The molecule has 1 N–H and O–H groups in total. The summed E-state index contributed by atoms with van der Waals surface area (Å²) in [6.45, 7) is 7.57. The molecule has 1 unspecified atom stereocenters. The molecule has 2 fully saturated rings. The summed E-state index contributed by atoms with van der Waals surface area (Å²) in [6.07, 6.45) is 6.44. The van der Waals surface area contributed by atoms with Crippen LogP contribution in [0.25, 0.3) is 0 Å². The second-order valence-corrected chi connectivity index (χ2v) is 6.44. The van der Waals surface area contributed by atoms with Gasteiger partial charge in [0.2, 0.25) is 5.91 Å². The van der Waals surface area contributed by atoms with Crippen LogP contribution in [0.15, 0.2) is 0 Å². The minimum absolute atomic E-state index is 0.0190. The van der Waals surface area contributed by atoms with Crippen molar-refractivity contribution in [1.82, 2.24) is 15.1 Å². The summed E-state index contributed by atoms with van der Waals surface area (Å²) in [5, 5.41) is 3.04. The SMILES string of the molecule is CC(C(=O)NCCCOC1CCCC1)N1CCN(C)CC1. The first kappa shape index (κ1) is 16.7. The van der Waals surface area contributed by atoms with E-state index in [0.717, 1.165) is 45.8 Å². The van der Waals surface area contributed by atoms with Gasteiger partial charge in [0.15, 0.2) is 0 Å². The van der Waals surface area contributed by atoms with Crippen LogP contribution in [-0.2, 0) is 9.53 Å². The molecule has 5 nitrogen and oxygen atoms in total. The first-order chi connectivity index (χ1) is 10.2. The normalized spacial score (nSPS) is 23.3. The summed E-state index contributed by atoms with van der Waals surface area (Å²) in [7, 11) is 2.13. The number of carbonyl (C=O) groups excluding carboxylic acids is 1. The van der Waals surface area contributed by atoms with Crippen molar-refractivity contribution in [2.45, 2.75) is 51.2 Å². The monoisotopic (exact) mass is 297 g/mol. The first-order valence-electron chi connectivity index (χ1n) is 8.48. The smallest absolute Gasteiger partial charge is 0.237 e. The second-order valence-electron chi connectivity index (χ2n) is 6.44. The van der Waals surface area contributed by atoms with E-state index in [-0.39, 0.29) is 11.9 Å². The van der Waals surface area contributed by atoms with E-state index in [1.165, 1.54) is 25.7 Å². The summed E-state index contributed by atoms with van der Waals surface area (Å²) >= 11 is 0. The summed E-state index contributed by atoms with van der Waals surface area (Å²) in [5.74, 6) is 0.153. The molecule has 1 saturated carbocycles. The predicted octanol–water partition coefficient (Wildman–Crippen LogP) is 1.09. The van der Waals surface area contributed by atoms with Crippen LogP contribution in [0.5, 0.6) is 0 Å². The molecule has 1 saturated heterocycles. The van der Waals surface area contributed by atoms with Crippen LogP contribution in [0, 0.1) is 0 Å². The zero-order chi connectivity index (χ0) is 15.1. The van der Waals surface area contributed by atoms with Crippen LogP contribution in [0.1, 0.15) is 39.0 Å². The van der Waals surface area contributed by atoms with E-state index in [1.807, 2.05) is 6.92 Å². The zero-order valence-electron chi connectivity index (χ0n) is 13.6. The number of carbonyl (C=O) groups is 1. The van der Waals surface area contributed by atoms with E-state index in [4.69, 9.17) is 4.74 Å². The number of nitrogens with zero attached hydrogens (tertiary/aromatic N) is 2. The number of piperazine rings is 1. The molecule has 5 heteroatoms. The van der Waals surface area contributed by atoms with Gasteiger partial charge in [0.25, 0.3) is 0 Å². The van der Waals surface area contributed by atoms with Gasteiger partial charge in [0, 0.05) is 39.3 Å². The van der Waals surface area contributed by atoms with Gasteiger partial charge in [-0.2, -0.15) is 0 Å². The number of amides is 1. The number of ether oxygens (including phenoxy) is 1. The fourth-order valence-electron chi connectivity index (χ4n) is 3.11. The van der Waals surface area contributed by atoms with Crippen LogP contribution < -0.4 is 5.32 Å². The summed E-state index contributed by atoms with van der Waals surface area (Å²) in [5.41, 5.74) is 0. The molecule has 0 aromatic carbocycles. The Labute approximate surface area is 129 Å². The Hall–Kier alpha value is -0.650. The molecule has 2 aliphatic rings. The molecule has 0 radical (unpaired) electrons. The van der Waals surface area contributed by atoms with Gasteiger partial charge in [-0.05, 0) is 33.2 Å². The van der Waals surface area contributed by atoms with Crippen LogP contribution in [-0.4, -0.2) is 74.2 Å². The Morgan fingerprint density at radius 1 is 1.24 bits per heavy atom. The average Bonchev–Trinajstić information content (AvgIpc) is 3.00. The molecule has 1 amide bonds. The molecule has 0 bridgehead atoms. The molecule has 1 aliphatic heterocycles. The van der Waals surface area contributed by atoms with Gasteiger partial charge in [0.1, 0.15) is 0 Å². The second kappa shape index (κ2) is 8.71. The highest BCUT2D eigenvalue weighted by Gasteiger charge is 2.23. The van der Waals surface area contributed by atoms with Gasteiger partial charge in [-0.25, -0.2) is 0 Å². The number of hydrogen-bond donors (Lipinski definition) is 1. The first-order valence-corrected chi connectivity index (χ1v) is 8.48. The van der Waals surface area contributed by atoms with Crippen molar-refractivity contribution in [2.24, 2.45) is 0 Å². The minimum Gasteiger partial charge on any atom is -0.378 e. The standard InChI is InChI=1S/C16H31N3O2/c1-14(19-11-9-18(2)10-12-19)16(20)17-8-5-13-21-15-6-3-4-7-15/h14-15H,3-13H2,1-2H3,(H,17,20). The van der Waals surface area contributed by atoms with Crippen molar-refractivity contribution in [2.75, 3.05) is 46.4 Å². The van der Waals surface area contributed by atoms with E-state index in [0.29, 0.717) is 6.10 Å². The van der Waals surface area contributed by atoms with E-state index in [2.05, 4.69) is 22.2 Å². The highest BCUT2D eigenvalue weighted by Crippen LogP contribution is 2.20. The van der Waals surface area contributed by atoms with Crippen LogP contribution in [0.4, 0.5) is 0 Å². The molecular weight excluding hydrogens is 266 g/mol. The topological polar surface area (TPSA) is 44.8 Å². The van der Waals surface area contributed by atoms with E-state index < -0.39 is 0 Å². The highest BCUT2D eigenvalue weighted by molar-refractivity contribution is 5.81. The summed E-state index contributed by atoms with van der Waals surface area (Å²) in [4.78, 5) is 16.7. The maximum absolute atomic E-state index is 12.1. The number of likely N-dealkylation sites (N-methyl/N-ethyl adjacent to an activating group) is 1. The predicted molar refractivity (Wildman–Crippen MR) is 84.4 cm³/mol. The van der Waals surface area contributed by atoms with Crippen LogP contribution in [0.3, 0.4) is 0 Å². The molecule has 2 rings (SSSR count). The third kappa shape index (κ3) is 5.57. The molecule has 1 atom stereocenters. The summed E-state index contributed by atoms with van der Waals surface area (Å²) in [6, 6.07) is -0.0190. The Morgan fingerprint density at radius 2 is 1.90 bits per heavy atom. The lowest BCUT2D eigenvalue weighted by Gasteiger charge is -2.35. The molecule has 0 aromatic heterocycles. The molecule has 1 heterocycles. The Balaban J connectivity index is 1.53. The van der Waals surface area contributed by atoms with Crippen molar-refractivity contribution in [3.63, 3.8) is 0 Å². The molecule has 122 valence electrons. The van der Waals surface area contributed by atoms with Crippen molar-refractivity contribution in [3.8, 4) is 0 Å². The Kier molecular flexibility index (Phi) is 6.93. The number of nitrogens with one attached hydrogen (secondary N) is 1. The lowest BCUT2D eigenvalue weighted by atomic mass is 10.2. The highest BCUT2D eigenvalue weighted by atomic mass is 16.5. The Morgan fingerprint density at radius 3 is 2.57 bits per heavy atom. The van der Waals surface area contributed by atoms with Crippen LogP contribution >= 0.6 is 0 Å². The van der Waals surface area contributed by atoms with Gasteiger partial charge in [-0.3, -0.25) is 9.69 Å². The van der Waals surface area contributed by atoms with Crippen molar-refractivity contribution < 1.29 is 9.53 Å². The lowest BCUT2D eigenvalue weighted by Crippen LogP contribution is -2.53. The number of rotatable bonds is 7. The van der Waals surface area contributed by atoms with E-state index >= 15 is 0 Å². The van der Waals surface area contributed by atoms with E-state index in [1.54, 1.807) is 0 Å². The van der Waals surface area contributed by atoms with Crippen LogP contribution in [0.2, 0.25) is 0 Å². The van der Waals surface area contributed by atoms with Gasteiger partial charge in [0.05, 0.1) is 12.1 Å². The summed E-state index contributed by atoms with van der Waals surface area (Å²) < 4.78 is 5.81. The molecule has 21 heavy (non-hydrogen) atoms. The number of hydrogen-bond acceptors (Lipinski definition) is 4. The largest absolute Gasteiger partial charge is 0.378 e. The lowest BCUT2D eigenvalue weighted by molar-refractivity contribution is -0.126. The van der Waals surface area contributed by atoms with E-state index in [9.17, 15) is 4.79 Å².